The zero-order chi connectivity index (χ0) is 12.7. The number of benzene rings is 1. The molecular formula is C14H15NO2S. The Morgan fingerprint density at radius 3 is 2.83 bits per heavy atom. The molecule has 1 atom stereocenters. The molecule has 18 heavy (non-hydrogen) atoms. The second kappa shape index (κ2) is 4.30. The molecule has 1 aliphatic rings. The molecule has 2 N–H and O–H groups in total. The minimum atomic E-state index is -0.0608. The van der Waals surface area contributed by atoms with E-state index >= 15 is 0 Å². The lowest BCUT2D eigenvalue weighted by atomic mass is 9.91. The van der Waals surface area contributed by atoms with E-state index in [4.69, 9.17) is 0 Å². The van der Waals surface area contributed by atoms with Gasteiger partial charge in [-0.15, -0.1) is 11.3 Å². The lowest BCUT2D eigenvalue weighted by molar-refractivity contribution is 0.297. The third-order valence-electron chi connectivity index (χ3n) is 3.43. The van der Waals surface area contributed by atoms with Crippen LogP contribution in [0, 0.1) is 0 Å². The second-order valence-electron chi connectivity index (χ2n) is 4.81. The Morgan fingerprint density at radius 2 is 2.06 bits per heavy atom. The highest BCUT2D eigenvalue weighted by atomic mass is 32.1. The van der Waals surface area contributed by atoms with Crippen molar-refractivity contribution in [3.63, 3.8) is 0 Å². The van der Waals surface area contributed by atoms with Gasteiger partial charge in [0.15, 0.2) is 11.5 Å². The van der Waals surface area contributed by atoms with Gasteiger partial charge in [0, 0.05) is 23.9 Å². The lowest BCUT2D eigenvalue weighted by Crippen LogP contribution is -2.29. The fourth-order valence-corrected chi connectivity index (χ4v) is 3.59. The third kappa shape index (κ3) is 1.87. The van der Waals surface area contributed by atoms with Gasteiger partial charge in [0.25, 0.3) is 0 Å². The normalized spacial score (nSPS) is 19.7. The van der Waals surface area contributed by atoms with Gasteiger partial charge >= 0.3 is 0 Å². The summed E-state index contributed by atoms with van der Waals surface area (Å²) < 4.78 is 0. The van der Waals surface area contributed by atoms with Crippen molar-refractivity contribution in [1.82, 2.24) is 4.90 Å². The highest BCUT2D eigenvalue weighted by molar-refractivity contribution is 7.10. The SMILES string of the molecule is CN1Cc2ccsc2C(c2ccc(O)c(O)c2)C1. The first-order valence-corrected chi connectivity index (χ1v) is 6.80. The zero-order valence-corrected chi connectivity index (χ0v) is 10.9. The minimum absolute atomic E-state index is 0.0427. The number of phenols is 2. The van der Waals surface area contributed by atoms with Gasteiger partial charge in [-0.2, -0.15) is 0 Å². The predicted octanol–water partition coefficient (Wildman–Crippen LogP) is 2.74. The van der Waals surface area contributed by atoms with Crippen LogP contribution >= 0.6 is 11.3 Å². The van der Waals surface area contributed by atoms with E-state index in [0.29, 0.717) is 0 Å². The van der Waals surface area contributed by atoms with Gasteiger partial charge in [-0.3, -0.25) is 0 Å². The molecule has 1 aromatic carbocycles. The van der Waals surface area contributed by atoms with Gasteiger partial charge < -0.3 is 15.1 Å². The molecule has 0 spiro atoms. The molecule has 1 aromatic heterocycles. The van der Waals surface area contributed by atoms with Crippen LogP contribution in [0.2, 0.25) is 0 Å². The quantitative estimate of drug-likeness (QED) is 0.776. The maximum absolute atomic E-state index is 9.64. The summed E-state index contributed by atoms with van der Waals surface area (Å²) in [4.78, 5) is 3.65. The predicted molar refractivity (Wildman–Crippen MR) is 72.3 cm³/mol. The van der Waals surface area contributed by atoms with E-state index in [1.54, 1.807) is 23.5 Å². The average molecular weight is 261 g/mol. The second-order valence-corrected chi connectivity index (χ2v) is 5.76. The molecule has 1 unspecified atom stereocenters. The van der Waals surface area contributed by atoms with Gasteiger partial charge in [-0.1, -0.05) is 6.07 Å². The summed E-state index contributed by atoms with van der Waals surface area (Å²) in [6, 6.07) is 7.29. The summed E-state index contributed by atoms with van der Waals surface area (Å²) in [5, 5.41) is 21.1. The number of thiophene rings is 1. The van der Waals surface area contributed by atoms with Crippen molar-refractivity contribution < 1.29 is 10.2 Å². The van der Waals surface area contributed by atoms with Crippen LogP contribution < -0.4 is 0 Å². The molecule has 0 radical (unpaired) electrons. The Labute approximate surface area is 110 Å². The number of nitrogens with zero attached hydrogens (tertiary/aromatic N) is 1. The van der Waals surface area contributed by atoms with Gasteiger partial charge in [0.2, 0.25) is 0 Å². The molecular weight excluding hydrogens is 246 g/mol. The summed E-state index contributed by atoms with van der Waals surface area (Å²) in [6.45, 7) is 1.93. The van der Waals surface area contributed by atoms with Crippen molar-refractivity contribution in [1.29, 1.82) is 0 Å². The fraction of sp³-hybridized carbons (Fsp3) is 0.286. The van der Waals surface area contributed by atoms with E-state index in [2.05, 4.69) is 23.4 Å². The van der Waals surface area contributed by atoms with E-state index in [0.717, 1.165) is 18.7 Å². The van der Waals surface area contributed by atoms with Crippen LogP contribution in [0.4, 0.5) is 0 Å². The van der Waals surface area contributed by atoms with Crippen molar-refractivity contribution in [2.75, 3.05) is 13.6 Å². The zero-order valence-electron chi connectivity index (χ0n) is 10.1. The van der Waals surface area contributed by atoms with Crippen molar-refractivity contribution in [2.24, 2.45) is 0 Å². The lowest BCUT2D eigenvalue weighted by Gasteiger charge is -2.30. The molecule has 2 heterocycles. The molecule has 1 aliphatic heterocycles. The number of rotatable bonds is 1. The van der Waals surface area contributed by atoms with E-state index in [1.165, 1.54) is 10.4 Å². The van der Waals surface area contributed by atoms with Gasteiger partial charge in [0.1, 0.15) is 0 Å². The average Bonchev–Trinajstić information content (AvgIpc) is 2.79. The number of aromatic hydroxyl groups is 2. The van der Waals surface area contributed by atoms with Gasteiger partial charge in [-0.05, 0) is 41.8 Å². The monoisotopic (exact) mass is 261 g/mol. The molecule has 4 heteroatoms. The van der Waals surface area contributed by atoms with E-state index in [9.17, 15) is 10.2 Å². The molecule has 2 aromatic rings. The maximum atomic E-state index is 9.64. The van der Waals surface area contributed by atoms with Crippen LogP contribution in [-0.4, -0.2) is 28.7 Å². The Balaban J connectivity index is 2.04. The summed E-state index contributed by atoms with van der Waals surface area (Å²) in [7, 11) is 2.11. The fourth-order valence-electron chi connectivity index (χ4n) is 2.55. The topological polar surface area (TPSA) is 43.7 Å². The molecule has 0 amide bonds. The van der Waals surface area contributed by atoms with Crippen LogP contribution in [0.1, 0.15) is 21.9 Å². The Hall–Kier alpha value is -1.52. The molecule has 94 valence electrons. The molecule has 0 bridgehead atoms. The molecule has 3 rings (SSSR count). The first-order valence-electron chi connectivity index (χ1n) is 5.92. The summed E-state index contributed by atoms with van der Waals surface area (Å²) in [5.74, 6) is 0.179. The van der Waals surface area contributed by atoms with E-state index in [1.807, 2.05) is 6.07 Å². The van der Waals surface area contributed by atoms with Crippen LogP contribution in [0.25, 0.3) is 0 Å². The Bertz CT molecular complexity index is 579. The standard InChI is InChI=1S/C14H15NO2S/c1-15-7-10-4-5-18-14(10)11(8-15)9-2-3-12(16)13(17)6-9/h2-6,11,16-17H,7-8H2,1H3. The smallest absolute Gasteiger partial charge is 0.157 e. The number of hydrogen-bond acceptors (Lipinski definition) is 4. The maximum Gasteiger partial charge on any atom is 0.157 e. The molecule has 0 aliphatic carbocycles. The molecule has 3 nitrogen and oxygen atoms in total. The molecule has 0 saturated carbocycles. The molecule has 0 saturated heterocycles. The van der Waals surface area contributed by atoms with E-state index < -0.39 is 0 Å². The number of phenolic OH excluding ortho intramolecular Hbond substituents is 2. The van der Waals surface area contributed by atoms with Crippen LogP contribution in [0.5, 0.6) is 11.5 Å². The number of likely N-dealkylation sites (N-methyl/N-ethyl adjacent to an activating group) is 1. The highest BCUT2D eigenvalue weighted by Gasteiger charge is 2.26. The van der Waals surface area contributed by atoms with Crippen LogP contribution in [0.15, 0.2) is 29.6 Å². The highest BCUT2D eigenvalue weighted by Crippen LogP contribution is 2.38. The minimum Gasteiger partial charge on any atom is -0.504 e. The third-order valence-corrected chi connectivity index (χ3v) is 4.51. The van der Waals surface area contributed by atoms with Crippen LogP contribution in [-0.2, 0) is 6.54 Å². The first-order chi connectivity index (χ1) is 8.65. The number of hydrogen-bond donors (Lipinski definition) is 2. The van der Waals surface area contributed by atoms with Gasteiger partial charge in [0.05, 0.1) is 0 Å². The van der Waals surface area contributed by atoms with Crippen molar-refractivity contribution in [3.8, 4) is 11.5 Å². The largest absolute Gasteiger partial charge is 0.504 e. The Morgan fingerprint density at radius 1 is 1.22 bits per heavy atom. The molecule has 0 fully saturated rings. The van der Waals surface area contributed by atoms with Crippen molar-refractivity contribution in [2.45, 2.75) is 12.5 Å². The van der Waals surface area contributed by atoms with Crippen molar-refractivity contribution in [3.05, 3.63) is 45.6 Å². The Kier molecular flexibility index (Phi) is 2.76. The first kappa shape index (κ1) is 11.6. The summed E-state index contributed by atoms with van der Waals surface area (Å²) >= 11 is 1.77. The summed E-state index contributed by atoms with van der Waals surface area (Å²) in [6.07, 6.45) is 0. The van der Waals surface area contributed by atoms with E-state index in [-0.39, 0.29) is 17.4 Å². The summed E-state index contributed by atoms with van der Waals surface area (Å²) in [5.41, 5.74) is 2.42. The van der Waals surface area contributed by atoms with Gasteiger partial charge in [-0.25, -0.2) is 0 Å². The number of fused-ring (bicyclic) bond motifs is 1. The van der Waals surface area contributed by atoms with Crippen LogP contribution in [0.3, 0.4) is 0 Å². The van der Waals surface area contributed by atoms with Crippen molar-refractivity contribution >= 4 is 11.3 Å².